The van der Waals surface area contributed by atoms with Gasteiger partial charge < -0.3 is 15.2 Å². The Labute approximate surface area is 255 Å². The van der Waals surface area contributed by atoms with Crippen LogP contribution in [0.15, 0.2) is 0 Å². The molecule has 0 heterocycles. The SMILES string of the molecule is CCCCCCCCCCCCCCCCCC(=O)N[C@H](CO)[C@H](CCCCCCCCCCCCC)OC(C)=O. The molecule has 2 N–H and O–H groups in total. The van der Waals surface area contributed by atoms with Gasteiger partial charge in [0.05, 0.1) is 12.6 Å². The van der Waals surface area contributed by atoms with Crippen LogP contribution in [0.1, 0.15) is 201 Å². The van der Waals surface area contributed by atoms with Crippen molar-refractivity contribution >= 4 is 11.9 Å². The molecule has 41 heavy (non-hydrogen) atoms. The third-order valence-corrected chi connectivity index (χ3v) is 8.41. The summed E-state index contributed by atoms with van der Waals surface area (Å²) in [4.78, 5) is 24.2. The molecule has 0 fully saturated rings. The van der Waals surface area contributed by atoms with Crippen LogP contribution in [0.5, 0.6) is 0 Å². The number of aliphatic hydroxyl groups is 1. The molecular formula is C36H71NO4. The molecule has 0 saturated carbocycles. The maximum absolute atomic E-state index is 12.5. The highest BCUT2D eigenvalue weighted by molar-refractivity contribution is 5.76. The fourth-order valence-corrected chi connectivity index (χ4v) is 5.76. The van der Waals surface area contributed by atoms with Crippen LogP contribution in [0.3, 0.4) is 0 Å². The van der Waals surface area contributed by atoms with E-state index in [2.05, 4.69) is 19.2 Å². The van der Waals surface area contributed by atoms with Crippen LogP contribution in [-0.2, 0) is 14.3 Å². The summed E-state index contributed by atoms with van der Waals surface area (Å²) in [6.45, 7) is 5.72. The number of aliphatic hydroxyl groups excluding tert-OH is 1. The van der Waals surface area contributed by atoms with Crippen LogP contribution in [0.2, 0.25) is 0 Å². The molecule has 0 aliphatic rings. The zero-order valence-electron chi connectivity index (χ0n) is 27.8. The molecule has 244 valence electrons. The Bertz CT molecular complexity index is 568. The van der Waals surface area contributed by atoms with E-state index in [9.17, 15) is 14.7 Å². The third kappa shape index (κ3) is 28.8. The molecule has 0 spiro atoms. The summed E-state index contributed by atoms with van der Waals surface area (Å²) in [6, 6.07) is -0.522. The smallest absolute Gasteiger partial charge is 0.302 e. The first-order chi connectivity index (χ1) is 20.0. The summed E-state index contributed by atoms with van der Waals surface area (Å²) in [6.07, 6.45) is 34.1. The van der Waals surface area contributed by atoms with Gasteiger partial charge in [-0.3, -0.25) is 9.59 Å². The van der Waals surface area contributed by atoms with Crippen molar-refractivity contribution in [1.29, 1.82) is 0 Å². The molecular weight excluding hydrogens is 510 g/mol. The van der Waals surface area contributed by atoms with Gasteiger partial charge in [-0.25, -0.2) is 0 Å². The Balaban J connectivity index is 3.89. The monoisotopic (exact) mass is 582 g/mol. The first-order valence-corrected chi connectivity index (χ1v) is 18.1. The number of hydrogen-bond acceptors (Lipinski definition) is 4. The second kappa shape index (κ2) is 31.8. The summed E-state index contributed by atoms with van der Waals surface area (Å²) >= 11 is 0. The molecule has 0 aromatic carbocycles. The van der Waals surface area contributed by atoms with Crippen molar-refractivity contribution in [3.05, 3.63) is 0 Å². The van der Waals surface area contributed by atoms with Gasteiger partial charge in [0.1, 0.15) is 6.10 Å². The van der Waals surface area contributed by atoms with E-state index in [0.717, 1.165) is 25.7 Å². The lowest BCUT2D eigenvalue weighted by atomic mass is 10.0. The van der Waals surface area contributed by atoms with Crippen molar-refractivity contribution in [1.82, 2.24) is 5.32 Å². The van der Waals surface area contributed by atoms with Crippen LogP contribution in [0.25, 0.3) is 0 Å². The summed E-state index contributed by atoms with van der Waals surface area (Å²) < 4.78 is 5.51. The van der Waals surface area contributed by atoms with Gasteiger partial charge in [-0.05, 0) is 19.3 Å². The van der Waals surface area contributed by atoms with Gasteiger partial charge in [-0.2, -0.15) is 0 Å². The van der Waals surface area contributed by atoms with Gasteiger partial charge in [-0.1, -0.05) is 168 Å². The second-order valence-electron chi connectivity index (χ2n) is 12.5. The van der Waals surface area contributed by atoms with Gasteiger partial charge in [0.25, 0.3) is 0 Å². The number of nitrogens with one attached hydrogen (secondary N) is 1. The predicted molar refractivity (Wildman–Crippen MR) is 175 cm³/mol. The van der Waals surface area contributed by atoms with E-state index >= 15 is 0 Å². The summed E-state index contributed by atoms with van der Waals surface area (Å²) in [7, 11) is 0. The lowest BCUT2D eigenvalue weighted by Gasteiger charge is -2.26. The van der Waals surface area contributed by atoms with E-state index in [1.165, 1.54) is 148 Å². The highest BCUT2D eigenvalue weighted by atomic mass is 16.5. The largest absolute Gasteiger partial charge is 0.460 e. The molecule has 0 unspecified atom stereocenters. The predicted octanol–water partition coefficient (Wildman–Crippen LogP) is 10.4. The number of ether oxygens (including phenoxy) is 1. The second-order valence-corrected chi connectivity index (χ2v) is 12.5. The molecule has 0 saturated heterocycles. The Hall–Kier alpha value is -1.10. The molecule has 2 atom stereocenters. The van der Waals surface area contributed by atoms with Crippen molar-refractivity contribution in [3.8, 4) is 0 Å². The number of amides is 1. The minimum Gasteiger partial charge on any atom is -0.460 e. The summed E-state index contributed by atoms with van der Waals surface area (Å²) in [5, 5.41) is 12.9. The fraction of sp³-hybridized carbons (Fsp3) is 0.944. The van der Waals surface area contributed by atoms with Gasteiger partial charge in [0.2, 0.25) is 5.91 Å². The minimum absolute atomic E-state index is 0.0465. The minimum atomic E-state index is -0.522. The zero-order valence-corrected chi connectivity index (χ0v) is 27.8. The number of carbonyl (C=O) groups excluding carboxylic acids is 2. The van der Waals surface area contributed by atoms with E-state index in [1.54, 1.807) is 0 Å². The van der Waals surface area contributed by atoms with Crippen molar-refractivity contribution in [3.63, 3.8) is 0 Å². The lowest BCUT2D eigenvalue weighted by molar-refractivity contribution is -0.150. The van der Waals surface area contributed by atoms with Crippen molar-refractivity contribution in [2.24, 2.45) is 0 Å². The zero-order chi connectivity index (χ0) is 30.2. The molecule has 0 bridgehead atoms. The van der Waals surface area contributed by atoms with Crippen LogP contribution in [0.4, 0.5) is 0 Å². The molecule has 0 aliphatic carbocycles. The van der Waals surface area contributed by atoms with Crippen LogP contribution in [-0.4, -0.2) is 35.7 Å². The molecule has 0 aliphatic heterocycles. The maximum Gasteiger partial charge on any atom is 0.302 e. The van der Waals surface area contributed by atoms with Crippen LogP contribution in [0, 0.1) is 0 Å². The van der Waals surface area contributed by atoms with Crippen molar-refractivity contribution in [2.45, 2.75) is 213 Å². The van der Waals surface area contributed by atoms with E-state index < -0.39 is 12.1 Å². The molecule has 5 nitrogen and oxygen atoms in total. The van der Waals surface area contributed by atoms with Crippen LogP contribution >= 0.6 is 0 Å². The van der Waals surface area contributed by atoms with Gasteiger partial charge in [0.15, 0.2) is 0 Å². The maximum atomic E-state index is 12.5. The normalized spacial score (nSPS) is 12.8. The van der Waals surface area contributed by atoms with E-state index in [-0.39, 0.29) is 18.5 Å². The standard InChI is InChI=1S/C36H71NO4/c1-4-6-8-10-12-14-16-17-18-19-21-23-25-27-29-31-36(40)37-34(32-38)35(41-33(3)39)30-28-26-24-22-20-15-13-11-9-7-5-2/h34-35,38H,4-32H2,1-3H3,(H,37,40)/t34-,35+/m1/s1. The quantitative estimate of drug-likeness (QED) is 0.0612. The first kappa shape index (κ1) is 39.9. The Morgan fingerprint density at radius 3 is 1.24 bits per heavy atom. The Kier molecular flexibility index (Phi) is 31.0. The Morgan fingerprint density at radius 2 is 0.902 bits per heavy atom. The van der Waals surface area contributed by atoms with E-state index in [1.807, 2.05) is 0 Å². The molecule has 0 aromatic heterocycles. The topological polar surface area (TPSA) is 75.6 Å². The van der Waals surface area contributed by atoms with Gasteiger partial charge in [0, 0.05) is 13.3 Å². The van der Waals surface area contributed by atoms with Crippen molar-refractivity contribution in [2.75, 3.05) is 6.61 Å². The first-order valence-electron chi connectivity index (χ1n) is 18.1. The van der Waals surface area contributed by atoms with Crippen LogP contribution < -0.4 is 5.32 Å². The third-order valence-electron chi connectivity index (χ3n) is 8.41. The molecule has 1 amide bonds. The highest BCUT2D eigenvalue weighted by Crippen LogP contribution is 2.16. The summed E-state index contributed by atoms with van der Waals surface area (Å²) in [5.41, 5.74) is 0. The number of esters is 1. The molecule has 0 rings (SSSR count). The highest BCUT2D eigenvalue weighted by Gasteiger charge is 2.25. The van der Waals surface area contributed by atoms with Crippen molar-refractivity contribution < 1.29 is 19.4 Å². The average molecular weight is 582 g/mol. The van der Waals surface area contributed by atoms with E-state index in [0.29, 0.717) is 12.8 Å². The number of hydrogen-bond donors (Lipinski definition) is 2. The van der Waals surface area contributed by atoms with Gasteiger partial charge >= 0.3 is 5.97 Å². The number of unbranched alkanes of at least 4 members (excludes halogenated alkanes) is 24. The number of carbonyl (C=O) groups is 2. The molecule has 5 heteroatoms. The molecule has 0 aromatic rings. The fourth-order valence-electron chi connectivity index (χ4n) is 5.76. The molecule has 0 radical (unpaired) electrons. The lowest BCUT2D eigenvalue weighted by Crippen LogP contribution is -2.47. The van der Waals surface area contributed by atoms with Gasteiger partial charge in [-0.15, -0.1) is 0 Å². The Morgan fingerprint density at radius 1 is 0.561 bits per heavy atom. The average Bonchev–Trinajstić information content (AvgIpc) is 2.95. The number of rotatable bonds is 32. The van der Waals surface area contributed by atoms with E-state index in [4.69, 9.17) is 4.74 Å². The summed E-state index contributed by atoms with van der Waals surface area (Å²) in [5.74, 6) is -0.400.